The number of rotatable bonds is 9. The van der Waals surface area contributed by atoms with E-state index in [1.54, 1.807) is 13.2 Å². The van der Waals surface area contributed by atoms with E-state index in [1.807, 2.05) is 38.4 Å². The molecule has 0 fully saturated rings. The lowest BCUT2D eigenvalue weighted by Crippen LogP contribution is -2.59. The summed E-state index contributed by atoms with van der Waals surface area (Å²) < 4.78 is 18.1. The number of phenols is 1. The van der Waals surface area contributed by atoms with Crippen LogP contribution >= 0.6 is 0 Å². The molecule has 2 heterocycles. The van der Waals surface area contributed by atoms with Crippen LogP contribution in [0.3, 0.4) is 0 Å². The van der Waals surface area contributed by atoms with Crippen molar-refractivity contribution in [3.05, 3.63) is 70.8 Å². The van der Waals surface area contributed by atoms with E-state index in [1.165, 1.54) is 16.7 Å². The number of aliphatic hydroxyl groups excluding tert-OH is 2. The highest BCUT2D eigenvalue weighted by atomic mass is 16.5. The lowest BCUT2D eigenvalue weighted by Gasteiger charge is -2.50. The van der Waals surface area contributed by atoms with Crippen LogP contribution in [0.5, 0.6) is 23.0 Å². The van der Waals surface area contributed by atoms with Gasteiger partial charge in [-0.15, -0.1) is 0 Å². The van der Waals surface area contributed by atoms with Gasteiger partial charge < -0.3 is 40.2 Å². The molecule has 5 N–H and O–H groups in total. The molecule has 0 bridgehead atoms. The quantitative estimate of drug-likeness (QED) is 0.247. The largest absolute Gasteiger partial charge is 0.504 e. The zero-order valence-electron chi connectivity index (χ0n) is 28.5. The molecular weight excluding hydrogens is 592 g/mol. The van der Waals surface area contributed by atoms with Crippen molar-refractivity contribution >= 4 is 0 Å². The number of phenolic OH excluding ortho intramolecular Hbond substituents is 1. The minimum absolute atomic E-state index is 0.157. The van der Waals surface area contributed by atoms with Crippen molar-refractivity contribution in [1.29, 1.82) is 0 Å². The Morgan fingerprint density at radius 2 is 1.23 bits per heavy atom. The molecule has 0 saturated heterocycles. The van der Waals surface area contributed by atoms with E-state index in [4.69, 9.17) is 14.2 Å². The second-order valence-electron chi connectivity index (χ2n) is 14.4. The summed E-state index contributed by atoms with van der Waals surface area (Å²) in [5, 5.41) is 38.6. The first-order valence-corrected chi connectivity index (χ1v) is 17.8. The minimum Gasteiger partial charge on any atom is -0.504 e. The van der Waals surface area contributed by atoms with Gasteiger partial charge in [-0.05, 0) is 63.0 Å². The van der Waals surface area contributed by atoms with Gasteiger partial charge in [0.15, 0.2) is 23.0 Å². The molecule has 0 amide bonds. The van der Waals surface area contributed by atoms with Gasteiger partial charge >= 0.3 is 0 Å². The van der Waals surface area contributed by atoms with Gasteiger partial charge in [0.2, 0.25) is 0 Å². The van der Waals surface area contributed by atoms with Gasteiger partial charge in [0, 0.05) is 45.9 Å². The van der Waals surface area contributed by atoms with Crippen LogP contribution in [0.25, 0.3) is 0 Å². The van der Waals surface area contributed by atoms with E-state index < -0.39 is 12.2 Å². The lowest BCUT2D eigenvalue weighted by molar-refractivity contribution is -0.00751. The summed E-state index contributed by atoms with van der Waals surface area (Å²) in [6, 6.07) is 8.63. The summed E-state index contributed by atoms with van der Waals surface area (Å²) in [5.74, 6) is 3.06. The molecule has 4 aliphatic carbocycles. The monoisotopic (exact) mass is 644 g/mol. The van der Waals surface area contributed by atoms with Crippen LogP contribution in [0.1, 0.15) is 74.6 Å². The third-order valence-corrected chi connectivity index (χ3v) is 12.3. The van der Waals surface area contributed by atoms with Gasteiger partial charge in [-0.2, -0.15) is 0 Å². The Balaban J connectivity index is 0.000000150. The van der Waals surface area contributed by atoms with Gasteiger partial charge in [-0.1, -0.05) is 76.0 Å². The first-order valence-electron chi connectivity index (χ1n) is 17.8. The number of hydrogen-bond acceptors (Lipinski definition) is 8. The van der Waals surface area contributed by atoms with Crippen molar-refractivity contribution < 1.29 is 29.5 Å². The van der Waals surface area contributed by atoms with Crippen molar-refractivity contribution in [2.24, 2.45) is 11.8 Å². The average molecular weight is 645 g/mol. The number of likely N-dealkylation sites (N-methyl/N-ethyl adjacent to an activating group) is 2. The molecule has 0 spiro atoms. The summed E-state index contributed by atoms with van der Waals surface area (Å²) in [6.07, 6.45) is 14.8. The van der Waals surface area contributed by atoms with Gasteiger partial charge in [-0.25, -0.2) is 0 Å². The topological polar surface area (TPSA) is 112 Å². The van der Waals surface area contributed by atoms with Crippen LogP contribution in [-0.2, 0) is 23.7 Å². The lowest BCUT2D eigenvalue weighted by atomic mass is 9.55. The fraction of sp³-hybridized carbons (Fsp3) is 0.590. The van der Waals surface area contributed by atoms with E-state index in [0.29, 0.717) is 23.8 Å². The first kappa shape index (κ1) is 32.5. The van der Waals surface area contributed by atoms with Crippen molar-refractivity contribution in [3.8, 4) is 23.0 Å². The van der Waals surface area contributed by atoms with E-state index >= 15 is 0 Å². The molecule has 6 aliphatic rings. The summed E-state index contributed by atoms with van der Waals surface area (Å²) in [7, 11) is 5.74. The number of aromatic hydroxyl groups is 1. The highest BCUT2D eigenvalue weighted by Crippen LogP contribution is 2.62. The SMILES string of the molecule is CCCC[C@]12c3c4ccc(O)c3OC1C(O)C=CC2C(NC)C4.CCCC[C@]12c3c4ccc(OC)c3OC1C(O)C=CC2C(NC)C4. The molecular formula is C39H52N2O6. The molecule has 8 unspecified atom stereocenters. The molecule has 2 aromatic carbocycles. The Kier molecular flexibility index (Phi) is 8.61. The number of unbranched alkanes of at least 4 members (excludes halogenated alkanes) is 2. The van der Waals surface area contributed by atoms with Gasteiger partial charge in [0.25, 0.3) is 0 Å². The second kappa shape index (κ2) is 12.4. The van der Waals surface area contributed by atoms with Crippen molar-refractivity contribution in [1.82, 2.24) is 10.6 Å². The number of aliphatic hydroxyl groups is 2. The highest BCUT2D eigenvalue weighted by Gasteiger charge is 2.63. The van der Waals surface area contributed by atoms with Crippen LogP contribution < -0.4 is 24.8 Å². The predicted octanol–water partition coefficient (Wildman–Crippen LogP) is 4.85. The second-order valence-corrected chi connectivity index (χ2v) is 14.4. The maximum absolute atomic E-state index is 10.7. The van der Waals surface area contributed by atoms with Crippen molar-refractivity contribution in [3.63, 3.8) is 0 Å². The van der Waals surface area contributed by atoms with E-state index in [2.05, 4.69) is 42.7 Å². The van der Waals surface area contributed by atoms with Gasteiger partial charge in [-0.3, -0.25) is 0 Å². The number of nitrogens with one attached hydrogen (secondary N) is 2. The summed E-state index contributed by atoms with van der Waals surface area (Å²) in [5.41, 5.74) is 4.63. The molecule has 8 rings (SSSR count). The Bertz CT molecular complexity index is 1560. The van der Waals surface area contributed by atoms with E-state index in [9.17, 15) is 15.3 Å². The van der Waals surface area contributed by atoms with E-state index in [0.717, 1.165) is 68.4 Å². The number of ether oxygens (including phenoxy) is 3. The predicted molar refractivity (Wildman–Crippen MR) is 183 cm³/mol. The molecule has 8 nitrogen and oxygen atoms in total. The van der Waals surface area contributed by atoms with Gasteiger partial charge in [0.05, 0.1) is 7.11 Å². The van der Waals surface area contributed by atoms with Crippen LogP contribution in [0, 0.1) is 11.8 Å². The molecule has 8 heteroatoms. The van der Waals surface area contributed by atoms with Crippen molar-refractivity contribution in [2.45, 2.75) is 113 Å². The normalized spacial score (nSPS) is 36.1. The average Bonchev–Trinajstić information content (AvgIpc) is 3.64. The van der Waals surface area contributed by atoms with Gasteiger partial charge in [0.1, 0.15) is 24.4 Å². The fourth-order valence-electron chi connectivity index (χ4n) is 10.3. The summed E-state index contributed by atoms with van der Waals surface area (Å²) in [6.45, 7) is 4.41. The fourth-order valence-corrected chi connectivity index (χ4v) is 10.3. The summed E-state index contributed by atoms with van der Waals surface area (Å²) in [4.78, 5) is 0. The van der Waals surface area contributed by atoms with Crippen LogP contribution in [-0.4, -0.2) is 73.0 Å². The Morgan fingerprint density at radius 1 is 0.745 bits per heavy atom. The Labute approximate surface area is 279 Å². The summed E-state index contributed by atoms with van der Waals surface area (Å²) >= 11 is 0. The highest BCUT2D eigenvalue weighted by molar-refractivity contribution is 5.62. The van der Waals surface area contributed by atoms with E-state index in [-0.39, 0.29) is 34.7 Å². The number of hydrogen-bond donors (Lipinski definition) is 5. The first-order chi connectivity index (χ1) is 22.8. The molecule has 0 aromatic heterocycles. The van der Waals surface area contributed by atoms with Crippen LogP contribution in [0.2, 0.25) is 0 Å². The molecule has 47 heavy (non-hydrogen) atoms. The molecule has 0 saturated carbocycles. The molecule has 10 atom stereocenters. The molecule has 254 valence electrons. The third kappa shape index (κ3) is 4.62. The molecule has 2 aromatic rings. The maximum atomic E-state index is 10.7. The third-order valence-electron chi connectivity index (χ3n) is 12.3. The molecule has 0 radical (unpaired) electrons. The van der Waals surface area contributed by atoms with Crippen LogP contribution in [0.4, 0.5) is 0 Å². The molecule has 2 aliphatic heterocycles. The number of benzene rings is 2. The Hall–Kier alpha value is -3.04. The zero-order valence-corrected chi connectivity index (χ0v) is 28.5. The standard InChI is InChI=1S/C20H27NO3.C19H25NO3/c1-4-5-10-20-13-7-8-15(22)19(20)24-18-16(23-3)9-6-12(17(18)20)11-14(13)21-2;1-3-4-9-19-12-6-8-15(22)18(19)23-17-14(21)7-5-11(16(17)19)10-13(12)20-2/h6-9,13-15,19,21-22H,4-5,10-11H2,1-3H3;5-8,12-13,15,18,20-22H,3-4,9-10H2,1-2H3/t13?,14?,15?,19?,20-;12?,13?,15?,18?,19-/m00/s1. The Morgan fingerprint density at radius 3 is 1.72 bits per heavy atom. The zero-order chi connectivity index (χ0) is 33.1. The minimum atomic E-state index is -0.627. The maximum Gasteiger partial charge on any atom is 0.165 e. The smallest absolute Gasteiger partial charge is 0.165 e. The van der Waals surface area contributed by atoms with Crippen LogP contribution in [0.15, 0.2) is 48.6 Å². The number of methoxy groups -OCH3 is 1. The van der Waals surface area contributed by atoms with Crippen molar-refractivity contribution in [2.75, 3.05) is 21.2 Å².